The van der Waals surface area contributed by atoms with E-state index in [1.54, 1.807) is 0 Å². The van der Waals surface area contributed by atoms with Gasteiger partial charge in [0.25, 0.3) is 0 Å². The van der Waals surface area contributed by atoms with Crippen molar-refractivity contribution in [1.82, 2.24) is 0 Å². The van der Waals surface area contributed by atoms with E-state index in [9.17, 15) is 0 Å². The van der Waals surface area contributed by atoms with Crippen LogP contribution in [-0.2, 0) is 0 Å². The molecule has 0 rings (SSSR count). The summed E-state index contributed by atoms with van der Waals surface area (Å²) in [5.74, 6) is 0. The first-order valence-corrected chi connectivity index (χ1v) is 6.83. The number of rotatable bonds is 10. The van der Waals surface area contributed by atoms with E-state index in [0.717, 1.165) is 0 Å². The van der Waals surface area contributed by atoms with Gasteiger partial charge in [0.15, 0.2) is 0 Å². The maximum Gasteiger partial charge on any atom is -0.0316 e. The summed E-state index contributed by atoms with van der Waals surface area (Å²) in [5.41, 5.74) is 0. The Morgan fingerprint density at radius 2 is 1.12 bits per heavy atom. The number of allylic oxidation sites excluding steroid dienone is 6. The molecule has 0 radical (unpaired) electrons. The van der Waals surface area contributed by atoms with Gasteiger partial charge < -0.3 is 0 Å². The number of hydrogen-bond acceptors (Lipinski definition) is 0. The Morgan fingerprint density at radius 1 is 0.625 bits per heavy atom. The van der Waals surface area contributed by atoms with Crippen molar-refractivity contribution in [3.8, 4) is 0 Å². The maximum absolute atomic E-state index is 2.34. The Morgan fingerprint density at radius 3 is 1.62 bits per heavy atom. The third-order valence-corrected chi connectivity index (χ3v) is 2.54. The van der Waals surface area contributed by atoms with Crippen LogP contribution in [0.1, 0.15) is 65.2 Å². The molecule has 0 aromatic carbocycles. The lowest BCUT2D eigenvalue weighted by molar-refractivity contribution is 0.728. The minimum Gasteiger partial charge on any atom is -0.0917 e. The molecule has 0 spiro atoms. The second-order valence-electron chi connectivity index (χ2n) is 4.16. The Bertz CT molecular complexity index is 196. The van der Waals surface area contributed by atoms with Gasteiger partial charge in [-0.1, -0.05) is 56.2 Å². The minimum absolute atomic E-state index is 1.18. The average molecular weight is 220 g/mol. The Labute approximate surface area is 102 Å². The molecule has 92 valence electrons. The van der Waals surface area contributed by atoms with Gasteiger partial charge in [0, 0.05) is 0 Å². The van der Waals surface area contributed by atoms with Crippen LogP contribution in [0.2, 0.25) is 0 Å². The van der Waals surface area contributed by atoms with Crippen molar-refractivity contribution >= 4 is 0 Å². The summed E-state index contributed by atoms with van der Waals surface area (Å²) < 4.78 is 0. The average Bonchev–Trinajstić information content (AvgIpc) is 2.31. The van der Waals surface area contributed by atoms with Gasteiger partial charge >= 0.3 is 0 Å². The largest absolute Gasteiger partial charge is 0.0917 e. The molecule has 0 aromatic heterocycles. The zero-order chi connectivity index (χ0) is 11.9. The first-order valence-electron chi connectivity index (χ1n) is 6.83. The first-order chi connectivity index (χ1) is 7.91. The summed E-state index contributed by atoms with van der Waals surface area (Å²) >= 11 is 0. The summed E-state index contributed by atoms with van der Waals surface area (Å²) in [6.07, 6.45) is 23.7. The second-order valence-corrected chi connectivity index (χ2v) is 4.16. The lowest BCUT2D eigenvalue weighted by atomic mass is 10.2. The van der Waals surface area contributed by atoms with Crippen molar-refractivity contribution in [1.29, 1.82) is 0 Å². The SMILES string of the molecule is CC=CCCC=CCCC=CCCCCC. The van der Waals surface area contributed by atoms with Crippen LogP contribution >= 0.6 is 0 Å². The van der Waals surface area contributed by atoms with E-state index in [1.807, 2.05) is 0 Å². The van der Waals surface area contributed by atoms with Gasteiger partial charge in [-0.15, -0.1) is 0 Å². The topological polar surface area (TPSA) is 0 Å². The van der Waals surface area contributed by atoms with E-state index in [-0.39, 0.29) is 0 Å². The molecule has 0 fully saturated rings. The van der Waals surface area contributed by atoms with Crippen LogP contribution in [0.25, 0.3) is 0 Å². The smallest absolute Gasteiger partial charge is 0.0316 e. The van der Waals surface area contributed by atoms with E-state index in [4.69, 9.17) is 0 Å². The molecule has 0 heteroatoms. The first kappa shape index (κ1) is 15.2. The maximum atomic E-state index is 2.34. The number of unbranched alkanes of at least 4 members (excludes halogenated alkanes) is 5. The van der Waals surface area contributed by atoms with Gasteiger partial charge in [-0.3, -0.25) is 0 Å². The van der Waals surface area contributed by atoms with Crippen molar-refractivity contribution in [3.63, 3.8) is 0 Å². The van der Waals surface area contributed by atoms with Crippen molar-refractivity contribution in [2.24, 2.45) is 0 Å². The van der Waals surface area contributed by atoms with Crippen molar-refractivity contribution < 1.29 is 0 Å². The third-order valence-electron chi connectivity index (χ3n) is 2.54. The molecule has 0 nitrogen and oxygen atoms in total. The Hall–Kier alpha value is -0.780. The van der Waals surface area contributed by atoms with Crippen molar-refractivity contribution in [2.75, 3.05) is 0 Å². The van der Waals surface area contributed by atoms with Gasteiger partial charge in [0.05, 0.1) is 0 Å². The van der Waals surface area contributed by atoms with Gasteiger partial charge in [-0.2, -0.15) is 0 Å². The highest BCUT2D eigenvalue weighted by atomic mass is 13.9. The van der Waals surface area contributed by atoms with Crippen LogP contribution < -0.4 is 0 Å². The molecular weight excluding hydrogens is 192 g/mol. The van der Waals surface area contributed by atoms with Gasteiger partial charge in [-0.05, 0) is 45.4 Å². The fraction of sp³-hybridized carbons (Fsp3) is 0.625. The molecule has 0 bridgehead atoms. The molecule has 0 atom stereocenters. The Balaban J connectivity index is 3.18. The summed E-state index contributed by atoms with van der Waals surface area (Å²) in [6, 6.07) is 0. The standard InChI is InChI=1S/C16H28/c1-3-5-7-9-11-13-15-16-14-12-10-8-6-4-2/h3,5,11-14H,4,6-10,15-16H2,1-2H3. The van der Waals surface area contributed by atoms with Crippen molar-refractivity contribution in [3.05, 3.63) is 36.5 Å². The zero-order valence-electron chi connectivity index (χ0n) is 11.1. The van der Waals surface area contributed by atoms with E-state index in [1.165, 1.54) is 51.4 Å². The molecule has 16 heavy (non-hydrogen) atoms. The highest BCUT2D eigenvalue weighted by Crippen LogP contribution is 2.02. The molecule has 0 aliphatic carbocycles. The van der Waals surface area contributed by atoms with Gasteiger partial charge in [0.1, 0.15) is 0 Å². The molecule has 0 amide bonds. The van der Waals surface area contributed by atoms with Crippen LogP contribution in [0, 0.1) is 0 Å². The zero-order valence-corrected chi connectivity index (χ0v) is 11.1. The molecule has 0 unspecified atom stereocenters. The highest BCUT2D eigenvalue weighted by Gasteiger charge is 1.82. The lowest BCUT2D eigenvalue weighted by Gasteiger charge is -1.91. The number of hydrogen-bond donors (Lipinski definition) is 0. The molecule has 0 saturated carbocycles. The molecule has 0 aromatic rings. The highest BCUT2D eigenvalue weighted by molar-refractivity contribution is 4.89. The van der Waals surface area contributed by atoms with E-state index < -0.39 is 0 Å². The monoisotopic (exact) mass is 220 g/mol. The predicted molar refractivity (Wildman–Crippen MR) is 75.7 cm³/mol. The molecule has 0 N–H and O–H groups in total. The van der Waals surface area contributed by atoms with Crippen LogP contribution in [0.4, 0.5) is 0 Å². The van der Waals surface area contributed by atoms with Crippen LogP contribution in [0.3, 0.4) is 0 Å². The molecule has 0 aliphatic rings. The van der Waals surface area contributed by atoms with E-state index in [0.29, 0.717) is 0 Å². The van der Waals surface area contributed by atoms with Gasteiger partial charge in [-0.25, -0.2) is 0 Å². The second kappa shape index (κ2) is 14.2. The lowest BCUT2D eigenvalue weighted by Crippen LogP contribution is -1.71. The predicted octanol–water partition coefficient (Wildman–Crippen LogP) is 5.82. The molecule has 0 saturated heterocycles. The minimum atomic E-state index is 1.18. The van der Waals surface area contributed by atoms with Crippen LogP contribution in [-0.4, -0.2) is 0 Å². The quantitative estimate of drug-likeness (QED) is 0.321. The summed E-state index contributed by atoms with van der Waals surface area (Å²) in [5, 5.41) is 0. The van der Waals surface area contributed by atoms with Crippen LogP contribution in [0.5, 0.6) is 0 Å². The summed E-state index contributed by atoms with van der Waals surface area (Å²) in [7, 11) is 0. The Kier molecular flexibility index (Phi) is 13.5. The molecule has 0 heterocycles. The van der Waals surface area contributed by atoms with E-state index >= 15 is 0 Å². The van der Waals surface area contributed by atoms with Crippen molar-refractivity contribution in [2.45, 2.75) is 65.2 Å². The normalized spacial score (nSPS) is 12.4. The summed E-state index contributed by atoms with van der Waals surface area (Å²) in [4.78, 5) is 0. The molecular formula is C16H28. The van der Waals surface area contributed by atoms with Gasteiger partial charge in [0.2, 0.25) is 0 Å². The summed E-state index contributed by atoms with van der Waals surface area (Å²) in [6.45, 7) is 4.33. The van der Waals surface area contributed by atoms with Crippen LogP contribution in [0.15, 0.2) is 36.5 Å². The molecule has 0 aliphatic heterocycles. The third kappa shape index (κ3) is 13.2. The fourth-order valence-corrected chi connectivity index (χ4v) is 1.54. The van der Waals surface area contributed by atoms with E-state index in [2.05, 4.69) is 50.3 Å². The fourth-order valence-electron chi connectivity index (χ4n) is 1.54.